The predicted molar refractivity (Wildman–Crippen MR) is 61.1 cm³/mol. The molecule has 0 amide bonds. The number of hydrogen-bond donors (Lipinski definition) is 1. The highest BCUT2D eigenvalue weighted by atomic mass is 19.4. The van der Waals surface area contributed by atoms with Gasteiger partial charge in [0.05, 0.1) is 11.8 Å². The van der Waals surface area contributed by atoms with E-state index in [1.807, 2.05) is 0 Å². The van der Waals surface area contributed by atoms with Crippen LogP contribution in [0.1, 0.15) is 24.1 Å². The first kappa shape index (κ1) is 13.5. The molecule has 0 saturated heterocycles. The number of para-hydroxylation sites is 1. The Balaban J connectivity index is 2.56. The summed E-state index contributed by atoms with van der Waals surface area (Å²) in [4.78, 5) is 0. The Hall–Kier alpha value is -1.89. The van der Waals surface area contributed by atoms with Crippen molar-refractivity contribution in [2.45, 2.75) is 19.1 Å². The van der Waals surface area contributed by atoms with Crippen molar-refractivity contribution in [3.63, 3.8) is 0 Å². The Morgan fingerprint density at radius 3 is 2.53 bits per heavy atom. The molecule has 102 valence electrons. The van der Waals surface area contributed by atoms with Crippen LogP contribution >= 0.6 is 0 Å². The van der Waals surface area contributed by atoms with Gasteiger partial charge in [-0.15, -0.1) is 0 Å². The number of hydrogen-bond acceptors (Lipinski definition) is 2. The molecule has 0 aliphatic carbocycles. The molecule has 2 aromatic rings. The van der Waals surface area contributed by atoms with Crippen molar-refractivity contribution >= 4 is 0 Å². The van der Waals surface area contributed by atoms with Gasteiger partial charge in [-0.2, -0.15) is 18.3 Å². The molecule has 0 saturated carbocycles. The predicted octanol–water partition coefficient (Wildman–Crippen LogP) is 3.05. The molecule has 2 N–H and O–H groups in total. The van der Waals surface area contributed by atoms with Gasteiger partial charge in [-0.1, -0.05) is 12.1 Å². The molecular formula is C12H11F4N3. The molecule has 0 aliphatic heterocycles. The summed E-state index contributed by atoms with van der Waals surface area (Å²) in [5.74, 6) is -0.674. The minimum atomic E-state index is -4.52. The lowest BCUT2D eigenvalue weighted by atomic mass is 10.1. The summed E-state index contributed by atoms with van der Waals surface area (Å²) < 4.78 is 52.2. The lowest BCUT2D eigenvalue weighted by molar-refractivity contribution is -0.137. The quantitative estimate of drug-likeness (QED) is 0.855. The van der Waals surface area contributed by atoms with Crippen molar-refractivity contribution in [1.82, 2.24) is 9.78 Å². The molecule has 0 aliphatic rings. The largest absolute Gasteiger partial charge is 0.419 e. The lowest BCUT2D eigenvalue weighted by Gasteiger charge is -2.13. The Labute approximate surface area is 106 Å². The fourth-order valence-electron chi connectivity index (χ4n) is 1.73. The number of rotatable bonds is 2. The SMILES string of the molecule is CC(N)c1cccc(F)c1-n1cc(C(F)(F)F)cn1. The molecule has 0 spiro atoms. The van der Waals surface area contributed by atoms with E-state index in [0.29, 0.717) is 11.8 Å². The first-order valence-electron chi connectivity index (χ1n) is 5.47. The van der Waals surface area contributed by atoms with Crippen molar-refractivity contribution < 1.29 is 17.6 Å². The van der Waals surface area contributed by atoms with E-state index in [1.54, 1.807) is 13.0 Å². The maximum atomic E-state index is 13.8. The van der Waals surface area contributed by atoms with E-state index in [0.717, 1.165) is 16.9 Å². The van der Waals surface area contributed by atoms with Crippen molar-refractivity contribution in [3.05, 3.63) is 47.5 Å². The second-order valence-corrected chi connectivity index (χ2v) is 4.14. The van der Waals surface area contributed by atoms with Crippen LogP contribution in [0.2, 0.25) is 0 Å². The summed E-state index contributed by atoms with van der Waals surface area (Å²) in [6.45, 7) is 1.62. The highest BCUT2D eigenvalue weighted by molar-refractivity contribution is 5.43. The third-order valence-electron chi connectivity index (χ3n) is 2.65. The van der Waals surface area contributed by atoms with Crippen LogP contribution in [-0.4, -0.2) is 9.78 Å². The molecule has 1 heterocycles. The Kier molecular flexibility index (Phi) is 3.32. The molecule has 0 fully saturated rings. The molecule has 2 rings (SSSR count). The van der Waals surface area contributed by atoms with Crippen LogP contribution in [-0.2, 0) is 6.18 Å². The fourth-order valence-corrected chi connectivity index (χ4v) is 1.73. The van der Waals surface area contributed by atoms with E-state index in [9.17, 15) is 17.6 Å². The van der Waals surface area contributed by atoms with Gasteiger partial charge in [0.2, 0.25) is 0 Å². The summed E-state index contributed by atoms with van der Waals surface area (Å²) in [7, 11) is 0. The number of benzene rings is 1. The zero-order valence-electron chi connectivity index (χ0n) is 9.95. The van der Waals surface area contributed by atoms with Gasteiger partial charge in [-0.05, 0) is 18.6 Å². The number of alkyl halides is 3. The second-order valence-electron chi connectivity index (χ2n) is 4.14. The summed E-state index contributed by atoms with van der Waals surface area (Å²) in [5, 5.41) is 3.56. The van der Waals surface area contributed by atoms with Crippen molar-refractivity contribution in [3.8, 4) is 5.69 Å². The average Bonchev–Trinajstić information content (AvgIpc) is 2.77. The van der Waals surface area contributed by atoms with E-state index < -0.39 is 23.6 Å². The van der Waals surface area contributed by atoms with Crippen LogP contribution in [0, 0.1) is 5.82 Å². The maximum absolute atomic E-state index is 13.8. The smallest absolute Gasteiger partial charge is 0.324 e. The van der Waals surface area contributed by atoms with Crippen LogP contribution in [0.5, 0.6) is 0 Å². The molecule has 0 bridgehead atoms. The normalized spacial score (nSPS) is 13.6. The zero-order chi connectivity index (χ0) is 14.2. The number of halogens is 4. The fraction of sp³-hybridized carbons (Fsp3) is 0.250. The summed E-state index contributed by atoms with van der Waals surface area (Å²) in [5.41, 5.74) is 5.07. The number of nitrogens with zero attached hydrogens (tertiary/aromatic N) is 2. The molecule has 19 heavy (non-hydrogen) atoms. The van der Waals surface area contributed by atoms with Crippen LogP contribution in [0.4, 0.5) is 17.6 Å². The Bertz CT molecular complexity index is 587. The van der Waals surface area contributed by atoms with Crippen molar-refractivity contribution in [2.75, 3.05) is 0 Å². The van der Waals surface area contributed by atoms with E-state index in [-0.39, 0.29) is 5.69 Å². The first-order valence-corrected chi connectivity index (χ1v) is 5.47. The van der Waals surface area contributed by atoms with E-state index >= 15 is 0 Å². The molecule has 7 heteroatoms. The van der Waals surface area contributed by atoms with E-state index in [4.69, 9.17) is 5.73 Å². The van der Waals surface area contributed by atoms with Gasteiger partial charge in [0.25, 0.3) is 0 Å². The first-order chi connectivity index (χ1) is 8.80. The van der Waals surface area contributed by atoms with Crippen LogP contribution in [0.25, 0.3) is 5.69 Å². The number of aromatic nitrogens is 2. The van der Waals surface area contributed by atoms with Gasteiger partial charge in [0.15, 0.2) is 0 Å². The lowest BCUT2D eigenvalue weighted by Crippen LogP contribution is -2.12. The molecule has 3 nitrogen and oxygen atoms in total. The van der Waals surface area contributed by atoms with Gasteiger partial charge in [-0.3, -0.25) is 0 Å². The standard InChI is InChI=1S/C12H11F4N3/c1-7(17)9-3-2-4-10(13)11(9)19-6-8(5-18-19)12(14,15)16/h2-7H,17H2,1H3. The highest BCUT2D eigenvalue weighted by Crippen LogP contribution is 2.30. The second kappa shape index (κ2) is 4.65. The van der Waals surface area contributed by atoms with Crippen LogP contribution in [0.15, 0.2) is 30.6 Å². The maximum Gasteiger partial charge on any atom is 0.419 e. The molecule has 1 aromatic carbocycles. The van der Waals surface area contributed by atoms with Gasteiger partial charge < -0.3 is 5.73 Å². The molecule has 1 aromatic heterocycles. The highest BCUT2D eigenvalue weighted by Gasteiger charge is 2.32. The zero-order valence-corrected chi connectivity index (χ0v) is 9.95. The Morgan fingerprint density at radius 2 is 2.00 bits per heavy atom. The van der Waals surface area contributed by atoms with E-state index in [1.165, 1.54) is 6.07 Å². The topological polar surface area (TPSA) is 43.8 Å². The summed E-state index contributed by atoms with van der Waals surface area (Å²) in [6, 6.07) is 3.63. The monoisotopic (exact) mass is 273 g/mol. The van der Waals surface area contributed by atoms with Crippen LogP contribution in [0.3, 0.4) is 0 Å². The Morgan fingerprint density at radius 1 is 1.32 bits per heavy atom. The third kappa shape index (κ3) is 2.60. The minimum absolute atomic E-state index is 0.0620. The van der Waals surface area contributed by atoms with Crippen molar-refractivity contribution in [1.29, 1.82) is 0 Å². The van der Waals surface area contributed by atoms with Gasteiger partial charge in [0, 0.05) is 12.2 Å². The summed E-state index contributed by atoms with van der Waals surface area (Å²) >= 11 is 0. The summed E-state index contributed by atoms with van der Waals surface area (Å²) in [6.07, 6.45) is -3.13. The molecule has 0 radical (unpaired) electrons. The molecule has 1 atom stereocenters. The van der Waals surface area contributed by atoms with Gasteiger partial charge >= 0.3 is 6.18 Å². The molecule has 1 unspecified atom stereocenters. The average molecular weight is 273 g/mol. The van der Waals surface area contributed by atoms with Gasteiger partial charge in [-0.25, -0.2) is 9.07 Å². The number of nitrogens with two attached hydrogens (primary N) is 1. The third-order valence-corrected chi connectivity index (χ3v) is 2.65. The van der Waals surface area contributed by atoms with E-state index in [2.05, 4.69) is 5.10 Å². The minimum Gasteiger partial charge on any atom is -0.324 e. The molecular weight excluding hydrogens is 262 g/mol. The van der Waals surface area contributed by atoms with Crippen molar-refractivity contribution in [2.24, 2.45) is 5.73 Å². The van der Waals surface area contributed by atoms with Crippen LogP contribution < -0.4 is 5.73 Å². The van der Waals surface area contributed by atoms with Gasteiger partial charge in [0.1, 0.15) is 11.5 Å².